The smallest absolute Gasteiger partial charge is 0.338 e. The first kappa shape index (κ1) is 15.3. The number of amidine groups is 1. The number of hydrogen-bond acceptors (Lipinski definition) is 6. The van der Waals surface area contributed by atoms with Crippen LogP contribution in [0.25, 0.3) is 0 Å². The molecule has 116 valence electrons. The van der Waals surface area contributed by atoms with Crippen molar-refractivity contribution in [3.63, 3.8) is 0 Å². The molecule has 2 aliphatic heterocycles. The molecule has 0 aromatic carbocycles. The van der Waals surface area contributed by atoms with E-state index in [1.54, 1.807) is 11.8 Å². The summed E-state index contributed by atoms with van der Waals surface area (Å²) in [5.74, 6) is -0.421. The molecule has 2 aliphatic rings. The summed E-state index contributed by atoms with van der Waals surface area (Å²) in [6, 6.07) is 3.42. The summed E-state index contributed by atoms with van der Waals surface area (Å²) in [6.07, 6.45) is 0.739. The molecule has 1 aromatic heterocycles. The van der Waals surface area contributed by atoms with Gasteiger partial charge in [-0.15, -0.1) is 11.3 Å². The quantitative estimate of drug-likeness (QED) is 0.796. The Morgan fingerprint density at radius 2 is 2.27 bits per heavy atom. The Morgan fingerprint density at radius 3 is 2.86 bits per heavy atom. The number of carbonyl (C=O) groups excluding carboxylic acids is 2. The molecule has 0 N–H and O–H groups in total. The summed E-state index contributed by atoms with van der Waals surface area (Å²) < 4.78 is 4.92. The van der Waals surface area contributed by atoms with Crippen LogP contribution in [0.2, 0.25) is 0 Å². The van der Waals surface area contributed by atoms with Gasteiger partial charge in [-0.1, -0.05) is 24.8 Å². The molecule has 22 heavy (non-hydrogen) atoms. The van der Waals surface area contributed by atoms with Crippen molar-refractivity contribution < 1.29 is 14.3 Å². The highest BCUT2D eigenvalue weighted by molar-refractivity contribution is 8.15. The molecule has 2 atom stereocenters. The number of fused-ring (bicyclic) bond motifs is 1. The van der Waals surface area contributed by atoms with Crippen LogP contribution in [0.5, 0.6) is 0 Å². The van der Waals surface area contributed by atoms with E-state index < -0.39 is 12.0 Å². The van der Waals surface area contributed by atoms with E-state index in [-0.39, 0.29) is 11.2 Å². The predicted molar refractivity (Wildman–Crippen MR) is 87.7 cm³/mol. The van der Waals surface area contributed by atoms with Gasteiger partial charge in [0.2, 0.25) is 5.91 Å². The summed E-state index contributed by atoms with van der Waals surface area (Å²) >= 11 is 3.00. The van der Waals surface area contributed by atoms with Gasteiger partial charge in [0.15, 0.2) is 5.17 Å². The number of rotatable bonds is 3. The fourth-order valence-electron chi connectivity index (χ4n) is 2.68. The normalized spacial score (nSPS) is 24.4. The van der Waals surface area contributed by atoms with Gasteiger partial charge >= 0.3 is 5.97 Å². The molecule has 1 fully saturated rings. The maximum Gasteiger partial charge on any atom is 0.338 e. The molecule has 5 nitrogen and oxygen atoms in total. The Morgan fingerprint density at radius 1 is 1.50 bits per heavy atom. The van der Waals surface area contributed by atoms with Gasteiger partial charge in [0.1, 0.15) is 6.04 Å². The Labute approximate surface area is 137 Å². The van der Waals surface area contributed by atoms with E-state index in [0.717, 1.165) is 11.3 Å². The maximum absolute atomic E-state index is 12.7. The van der Waals surface area contributed by atoms with Gasteiger partial charge in [-0.2, -0.15) is 0 Å². The number of thioether (sulfide) groups is 1. The average Bonchev–Trinajstić information content (AvgIpc) is 3.13. The molecule has 0 radical (unpaired) electrons. The van der Waals surface area contributed by atoms with E-state index in [9.17, 15) is 9.59 Å². The first-order valence-electron chi connectivity index (χ1n) is 6.99. The molecule has 3 rings (SSSR count). The number of esters is 1. The fourth-order valence-corrected chi connectivity index (χ4v) is 4.63. The Hall–Kier alpha value is -1.60. The highest BCUT2D eigenvalue weighted by Crippen LogP contribution is 2.44. The van der Waals surface area contributed by atoms with Gasteiger partial charge in [-0.3, -0.25) is 9.69 Å². The maximum atomic E-state index is 12.7. The Balaban J connectivity index is 2.14. The molecule has 0 saturated carbocycles. The summed E-state index contributed by atoms with van der Waals surface area (Å²) in [5.41, 5.74) is 1.06. The topological polar surface area (TPSA) is 59.0 Å². The molecular weight excluding hydrogens is 320 g/mol. The number of hydrogen-bond donors (Lipinski definition) is 0. The second kappa shape index (κ2) is 5.89. The number of carbonyl (C=O) groups is 2. The minimum atomic E-state index is -0.434. The van der Waals surface area contributed by atoms with Gasteiger partial charge in [-0.25, -0.2) is 9.79 Å². The number of allylic oxidation sites excluding steroid dienone is 1. The van der Waals surface area contributed by atoms with Crippen LogP contribution in [0.3, 0.4) is 0 Å². The van der Waals surface area contributed by atoms with Crippen molar-refractivity contribution in [2.45, 2.75) is 31.6 Å². The van der Waals surface area contributed by atoms with E-state index in [1.807, 2.05) is 24.4 Å². The third kappa shape index (κ3) is 2.28. The first-order chi connectivity index (χ1) is 10.6. The van der Waals surface area contributed by atoms with E-state index in [1.165, 1.54) is 30.2 Å². The van der Waals surface area contributed by atoms with Crippen LogP contribution < -0.4 is 0 Å². The number of ether oxygens (including phenoxy) is 1. The number of amides is 1. The zero-order valence-electron chi connectivity index (χ0n) is 12.5. The largest absolute Gasteiger partial charge is 0.466 e. The van der Waals surface area contributed by atoms with E-state index >= 15 is 0 Å². The minimum absolute atomic E-state index is 0.0125. The molecule has 1 saturated heterocycles. The van der Waals surface area contributed by atoms with Gasteiger partial charge < -0.3 is 4.74 Å². The molecule has 1 amide bonds. The van der Waals surface area contributed by atoms with Crippen molar-refractivity contribution in [2.24, 2.45) is 4.99 Å². The minimum Gasteiger partial charge on any atom is -0.466 e. The van der Waals surface area contributed by atoms with Gasteiger partial charge in [0.05, 0.1) is 23.6 Å². The van der Waals surface area contributed by atoms with E-state index in [0.29, 0.717) is 16.4 Å². The summed E-state index contributed by atoms with van der Waals surface area (Å²) in [4.78, 5) is 32.0. The van der Waals surface area contributed by atoms with E-state index in [2.05, 4.69) is 4.99 Å². The molecule has 1 aromatic rings. The summed E-state index contributed by atoms with van der Waals surface area (Å²) in [6.45, 7) is 3.78. The Kier molecular flexibility index (Phi) is 4.10. The van der Waals surface area contributed by atoms with Gasteiger partial charge in [0.25, 0.3) is 0 Å². The SMILES string of the molecule is CC[C@@H]1SC2=NC(C)=C(C(=O)OC)[C@H](c3cccs3)N2C1=O. The van der Waals surface area contributed by atoms with Crippen LogP contribution in [0, 0.1) is 0 Å². The van der Waals surface area contributed by atoms with Crippen LogP contribution in [0.15, 0.2) is 33.8 Å². The van der Waals surface area contributed by atoms with Crippen molar-refractivity contribution in [1.29, 1.82) is 0 Å². The van der Waals surface area contributed by atoms with Crippen molar-refractivity contribution in [2.75, 3.05) is 7.11 Å². The second-order valence-corrected chi connectivity index (χ2v) is 7.18. The molecule has 0 unspecified atom stereocenters. The van der Waals surface area contributed by atoms with E-state index in [4.69, 9.17) is 4.74 Å². The lowest BCUT2D eigenvalue weighted by Crippen LogP contribution is -2.40. The van der Waals surface area contributed by atoms with Crippen LogP contribution in [-0.4, -0.2) is 34.3 Å². The van der Waals surface area contributed by atoms with Crippen LogP contribution in [0.1, 0.15) is 31.2 Å². The van der Waals surface area contributed by atoms with Crippen LogP contribution in [-0.2, 0) is 14.3 Å². The molecule has 0 spiro atoms. The zero-order valence-corrected chi connectivity index (χ0v) is 14.2. The van der Waals surface area contributed by atoms with Crippen LogP contribution in [0.4, 0.5) is 0 Å². The lowest BCUT2D eigenvalue weighted by atomic mass is 10.00. The monoisotopic (exact) mass is 336 g/mol. The number of aliphatic imine (C=N–C) groups is 1. The molecule has 3 heterocycles. The summed E-state index contributed by atoms with van der Waals surface area (Å²) in [5, 5.41) is 2.49. The standard InChI is InChI=1S/C15H16N2O3S2/c1-4-9-13(18)17-12(10-6-5-7-21-10)11(14(19)20-3)8(2)16-15(17)22-9/h5-7,9,12H,4H2,1-3H3/t9-,12-/m0/s1. The molecule has 0 aliphatic carbocycles. The number of thiophene rings is 1. The Bertz CT molecular complexity index is 679. The highest BCUT2D eigenvalue weighted by Gasteiger charge is 2.47. The third-order valence-corrected chi connectivity index (χ3v) is 5.98. The molecule has 0 bridgehead atoms. The molecular formula is C15H16N2O3S2. The predicted octanol–water partition coefficient (Wildman–Crippen LogP) is 2.96. The zero-order chi connectivity index (χ0) is 15.9. The first-order valence-corrected chi connectivity index (χ1v) is 8.75. The van der Waals surface area contributed by atoms with Crippen molar-refractivity contribution in [3.05, 3.63) is 33.7 Å². The van der Waals surface area contributed by atoms with Crippen molar-refractivity contribution in [1.82, 2.24) is 4.90 Å². The number of nitrogens with zero attached hydrogens (tertiary/aromatic N) is 2. The third-order valence-electron chi connectivity index (χ3n) is 3.74. The fraction of sp³-hybridized carbons (Fsp3) is 0.400. The van der Waals surface area contributed by atoms with Crippen molar-refractivity contribution >= 4 is 40.1 Å². The van der Waals surface area contributed by atoms with Gasteiger partial charge in [-0.05, 0) is 24.8 Å². The highest BCUT2D eigenvalue weighted by atomic mass is 32.2. The molecule has 7 heteroatoms. The van der Waals surface area contributed by atoms with Crippen LogP contribution >= 0.6 is 23.1 Å². The summed E-state index contributed by atoms with van der Waals surface area (Å²) in [7, 11) is 1.35. The lowest BCUT2D eigenvalue weighted by Gasteiger charge is -2.31. The second-order valence-electron chi connectivity index (χ2n) is 5.03. The van der Waals surface area contributed by atoms with Gasteiger partial charge in [0, 0.05) is 4.88 Å². The number of methoxy groups -OCH3 is 1. The van der Waals surface area contributed by atoms with Crippen molar-refractivity contribution in [3.8, 4) is 0 Å². The lowest BCUT2D eigenvalue weighted by molar-refractivity contribution is -0.137. The average molecular weight is 336 g/mol.